The summed E-state index contributed by atoms with van der Waals surface area (Å²) in [5.74, 6) is -1.01. The highest BCUT2D eigenvalue weighted by Gasteiger charge is 2.30. The molecule has 5 nitrogen and oxygen atoms in total. The minimum atomic E-state index is -0.988. The number of hydrogen-bond acceptors (Lipinski definition) is 3. The quantitative estimate of drug-likeness (QED) is 0.875. The van der Waals surface area contributed by atoms with Crippen LogP contribution in [0.2, 0.25) is 0 Å². The van der Waals surface area contributed by atoms with E-state index in [9.17, 15) is 9.59 Å². The first-order valence-electron chi connectivity index (χ1n) is 6.88. The molecule has 5 heteroatoms. The third kappa shape index (κ3) is 2.54. The van der Waals surface area contributed by atoms with Crippen LogP contribution in [0.25, 0.3) is 0 Å². The Morgan fingerprint density at radius 3 is 2.75 bits per heavy atom. The first kappa shape index (κ1) is 14.5. The van der Waals surface area contributed by atoms with Crippen molar-refractivity contribution in [2.75, 3.05) is 11.4 Å². The van der Waals surface area contributed by atoms with Crippen molar-refractivity contribution in [1.29, 1.82) is 0 Å². The van der Waals surface area contributed by atoms with Crippen molar-refractivity contribution in [3.05, 3.63) is 29.3 Å². The zero-order valence-corrected chi connectivity index (χ0v) is 11.8. The summed E-state index contributed by atoms with van der Waals surface area (Å²) < 4.78 is 0. The molecule has 1 aromatic carbocycles. The number of anilines is 1. The van der Waals surface area contributed by atoms with Gasteiger partial charge >= 0.3 is 5.97 Å². The zero-order chi connectivity index (χ0) is 14.9. The molecule has 0 aliphatic carbocycles. The molecule has 3 N–H and O–H groups in total. The van der Waals surface area contributed by atoms with Crippen molar-refractivity contribution in [2.24, 2.45) is 11.7 Å². The van der Waals surface area contributed by atoms with Gasteiger partial charge in [0.25, 0.3) is 0 Å². The predicted molar refractivity (Wildman–Crippen MR) is 76.9 cm³/mol. The van der Waals surface area contributed by atoms with E-state index in [4.69, 9.17) is 10.8 Å². The van der Waals surface area contributed by atoms with E-state index in [2.05, 4.69) is 0 Å². The summed E-state index contributed by atoms with van der Waals surface area (Å²) in [4.78, 5) is 25.1. The maximum absolute atomic E-state index is 12.4. The number of fused-ring (bicyclic) bond motifs is 1. The van der Waals surface area contributed by atoms with Crippen LogP contribution in [0.1, 0.15) is 36.2 Å². The fourth-order valence-electron chi connectivity index (χ4n) is 2.42. The summed E-state index contributed by atoms with van der Waals surface area (Å²) in [7, 11) is 0. The Hall–Kier alpha value is -1.88. The molecule has 1 aliphatic rings. The molecule has 1 aliphatic heterocycles. The topological polar surface area (TPSA) is 83.6 Å². The minimum Gasteiger partial charge on any atom is -0.478 e. The molecule has 20 heavy (non-hydrogen) atoms. The van der Waals surface area contributed by atoms with Gasteiger partial charge in [0, 0.05) is 12.2 Å². The SMILES string of the molecule is CCC(C)C(N)C(=O)N1CCc2ccc(C(=O)O)cc21. The van der Waals surface area contributed by atoms with Crippen LogP contribution in [0.5, 0.6) is 0 Å². The summed E-state index contributed by atoms with van der Waals surface area (Å²) in [5.41, 5.74) is 7.88. The van der Waals surface area contributed by atoms with Gasteiger partial charge in [0.1, 0.15) is 0 Å². The Bertz CT molecular complexity index is 542. The van der Waals surface area contributed by atoms with E-state index < -0.39 is 12.0 Å². The van der Waals surface area contributed by atoms with E-state index in [1.165, 1.54) is 0 Å². The lowest BCUT2D eigenvalue weighted by Crippen LogP contribution is -2.46. The molecule has 2 rings (SSSR count). The fourth-order valence-corrected chi connectivity index (χ4v) is 2.42. The summed E-state index contributed by atoms with van der Waals surface area (Å²) in [6.45, 7) is 4.52. The molecule has 0 spiro atoms. The lowest BCUT2D eigenvalue weighted by molar-refractivity contribution is -0.120. The van der Waals surface area contributed by atoms with E-state index in [-0.39, 0.29) is 17.4 Å². The second-order valence-corrected chi connectivity index (χ2v) is 5.30. The molecule has 0 saturated carbocycles. The number of carboxylic acid groups (broad SMARTS) is 1. The maximum Gasteiger partial charge on any atom is 0.335 e. The monoisotopic (exact) mass is 276 g/mol. The average Bonchev–Trinajstić information content (AvgIpc) is 2.87. The summed E-state index contributed by atoms with van der Waals surface area (Å²) in [5, 5.41) is 9.05. The predicted octanol–water partition coefficient (Wildman–Crippen LogP) is 1.65. The number of nitrogens with two attached hydrogens (primary N) is 1. The number of benzene rings is 1. The first-order chi connectivity index (χ1) is 9.45. The molecule has 1 heterocycles. The van der Waals surface area contributed by atoms with Crippen LogP contribution < -0.4 is 10.6 Å². The number of hydrogen-bond donors (Lipinski definition) is 2. The van der Waals surface area contributed by atoms with E-state index in [0.29, 0.717) is 12.2 Å². The molecule has 2 unspecified atom stereocenters. The van der Waals surface area contributed by atoms with Gasteiger partial charge in [0.2, 0.25) is 5.91 Å². The summed E-state index contributed by atoms with van der Waals surface area (Å²) >= 11 is 0. The van der Waals surface area contributed by atoms with Gasteiger partial charge in [-0.3, -0.25) is 4.79 Å². The van der Waals surface area contributed by atoms with Crippen LogP contribution in [-0.4, -0.2) is 29.6 Å². The van der Waals surface area contributed by atoms with Gasteiger partial charge in [-0.15, -0.1) is 0 Å². The highest BCUT2D eigenvalue weighted by atomic mass is 16.4. The molecule has 0 aromatic heterocycles. The Labute approximate surface area is 118 Å². The van der Waals surface area contributed by atoms with E-state index in [1.807, 2.05) is 13.8 Å². The van der Waals surface area contributed by atoms with Gasteiger partial charge in [-0.1, -0.05) is 26.3 Å². The highest BCUT2D eigenvalue weighted by Crippen LogP contribution is 2.30. The number of carbonyl (C=O) groups is 2. The number of carboxylic acids is 1. The van der Waals surface area contributed by atoms with Crippen LogP contribution in [-0.2, 0) is 11.2 Å². The van der Waals surface area contributed by atoms with Crippen LogP contribution in [0.4, 0.5) is 5.69 Å². The fraction of sp³-hybridized carbons (Fsp3) is 0.467. The van der Waals surface area contributed by atoms with Gasteiger partial charge in [-0.2, -0.15) is 0 Å². The van der Waals surface area contributed by atoms with Crippen molar-refractivity contribution >= 4 is 17.6 Å². The van der Waals surface area contributed by atoms with Crippen molar-refractivity contribution in [2.45, 2.75) is 32.7 Å². The molecular weight excluding hydrogens is 256 g/mol. The average molecular weight is 276 g/mol. The van der Waals surface area contributed by atoms with Crippen LogP contribution in [0, 0.1) is 5.92 Å². The second kappa shape index (κ2) is 5.63. The molecule has 108 valence electrons. The molecular formula is C15H20N2O3. The standard InChI is InChI=1S/C15H20N2O3/c1-3-9(2)13(16)14(18)17-7-6-10-4-5-11(15(19)20)8-12(10)17/h4-5,8-9,13H,3,6-7,16H2,1-2H3,(H,19,20). The van der Waals surface area contributed by atoms with Crippen LogP contribution in [0.15, 0.2) is 18.2 Å². The van der Waals surface area contributed by atoms with Crippen molar-refractivity contribution in [3.63, 3.8) is 0 Å². The Balaban J connectivity index is 2.28. The number of nitrogens with zero attached hydrogens (tertiary/aromatic N) is 1. The largest absolute Gasteiger partial charge is 0.478 e. The Morgan fingerprint density at radius 2 is 2.15 bits per heavy atom. The second-order valence-electron chi connectivity index (χ2n) is 5.30. The Kier molecular flexibility index (Phi) is 4.09. The molecule has 1 aromatic rings. The summed E-state index contributed by atoms with van der Waals surface area (Å²) in [6.07, 6.45) is 1.58. The molecule has 2 atom stereocenters. The third-order valence-electron chi connectivity index (χ3n) is 4.04. The Morgan fingerprint density at radius 1 is 1.45 bits per heavy atom. The van der Waals surface area contributed by atoms with E-state index >= 15 is 0 Å². The third-order valence-corrected chi connectivity index (χ3v) is 4.04. The van der Waals surface area contributed by atoms with Crippen molar-refractivity contribution in [1.82, 2.24) is 0 Å². The van der Waals surface area contributed by atoms with Gasteiger partial charge in [0.15, 0.2) is 0 Å². The molecule has 0 radical (unpaired) electrons. The van der Waals surface area contributed by atoms with Gasteiger partial charge in [-0.25, -0.2) is 4.79 Å². The van der Waals surface area contributed by atoms with Crippen LogP contribution in [0.3, 0.4) is 0 Å². The first-order valence-corrected chi connectivity index (χ1v) is 6.88. The van der Waals surface area contributed by atoms with Gasteiger partial charge in [-0.05, 0) is 30.0 Å². The van der Waals surface area contributed by atoms with Gasteiger partial charge in [0.05, 0.1) is 11.6 Å². The minimum absolute atomic E-state index is 0.106. The maximum atomic E-state index is 12.4. The summed E-state index contributed by atoms with van der Waals surface area (Å²) in [6, 6.07) is 4.37. The smallest absolute Gasteiger partial charge is 0.335 e. The molecule has 0 bridgehead atoms. The van der Waals surface area contributed by atoms with Crippen LogP contribution >= 0.6 is 0 Å². The van der Waals surface area contributed by atoms with E-state index in [0.717, 1.165) is 18.4 Å². The van der Waals surface area contributed by atoms with E-state index in [1.54, 1.807) is 23.1 Å². The molecule has 0 fully saturated rings. The number of carbonyl (C=O) groups excluding carboxylic acids is 1. The number of aromatic carboxylic acids is 1. The lowest BCUT2D eigenvalue weighted by atomic mass is 9.99. The normalized spacial score (nSPS) is 16.6. The number of rotatable bonds is 4. The number of amides is 1. The lowest BCUT2D eigenvalue weighted by Gasteiger charge is -2.25. The molecule has 0 saturated heterocycles. The van der Waals surface area contributed by atoms with Gasteiger partial charge < -0.3 is 15.7 Å². The highest BCUT2D eigenvalue weighted by molar-refractivity contribution is 6.00. The zero-order valence-electron chi connectivity index (χ0n) is 11.8. The molecule has 1 amide bonds. The van der Waals surface area contributed by atoms with Crippen molar-refractivity contribution < 1.29 is 14.7 Å². The van der Waals surface area contributed by atoms with Crippen molar-refractivity contribution in [3.8, 4) is 0 Å².